The second-order valence-corrected chi connectivity index (χ2v) is 4.90. The Morgan fingerprint density at radius 2 is 2.00 bits per heavy atom. The fraction of sp³-hybridized carbons (Fsp3) is 0.357. The quantitative estimate of drug-likeness (QED) is 0.569. The highest BCUT2D eigenvalue weighted by Gasteiger charge is 2.40. The maximum absolute atomic E-state index is 12.1. The molecular formula is C14H15NO6. The number of nitrogens with one attached hydrogen (secondary N) is 1. The van der Waals surface area contributed by atoms with Gasteiger partial charge in [0.05, 0.1) is 12.2 Å². The number of carbonyl (C=O) groups excluding carboxylic acids is 1. The van der Waals surface area contributed by atoms with Crippen molar-refractivity contribution in [3.63, 3.8) is 0 Å². The van der Waals surface area contributed by atoms with E-state index in [1.807, 2.05) is 12.1 Å². The zero-order chi connectivity index (χ0) is 15.0. The van der Waals surface area contributed by atoms with Crippen LogP contribution >= 0.6 is 0 Å². The summed E-state index contributed by atoms with van der Waals surface area (Å²) in [6, 6.07) is 7.20. The molecule has 2 aromatic rings. The lowest BCUT2D eigenvalue weighted by Crippen LogP contribution is -2.54. The maximum atomic E-state index is 12.1. The number of benzene rings is 1. The standard InChI is InChI=1S/C14H15NO6/c16-10-6-20-14(12(18)11(10)17)21-13(19)8-5-15-9-4-2-1-3-7(8)9/h1-5,10-12,14-18H,6H2/t10-,11+,12+,14-/m0/s1. The van der Waals surface area contributed by atoms with Crippen LogP contribution < -0.4 is 0 Å². The highest BCUT2D eigenvalue weighted by molar-refractivity contribution is 6.04. The van der Waals surface area contributed by atoms with Gasteiger partial charge in [0.2, 0.25) is 6.29 Å². The molecule has 1 saturated heterocycles. The number of aromatic amines is 1. The van der Waals surface area contributed by atoms with Gasteiger partial charge >= 0.3 is 5.97 Å². The molecule has 1 aromatic heterocycles. The van der Waals surface area contributed by atoms with E-state index in [2.05, 4.69) is 4.98 Å². The first-order valence-electron chi connectivity index (χ1n) is 6.51. The van der Waals surface area contributed by atoms with Gasteiger partial charge in [-0.05, 0) is 6.07 Å². The van der Waals surface area contributed by atoms with Crippen LogP contribution in [-0.2, 0) is 9.47 Å². The molecule has 0 spiro atoms. The van der Waals surface area contributed by atoms with Crippen molar-refractivity contribution in [2.45, 2.75) is 24.6 Å². The molecule has 0 aliphatic carbocycles. The van der Waals surface area contributed by atoms with E-state index in [1.165, 1.54) is 6.20 Å². The molecule has 0 amide bonds. The van der Waals surface area contributed by atoms with E-state index < -0.39 is 30.6 Å². The fourth-order valence-corrected chi connectivity index (χ4v) is 2.29. The van der Waals surface area contributed by atoms with Gasteiger partial charge in [0.25, 0.3) is 0 Å². The van der Waals surface area contributed by atoms with Crippen LogP contribution in [0.4, 0.5) is 0 Å². The summed E-state index contributed by atoms with van der Waals surface area (Å²) in [4.78, 5) is 15.1. The summed E-state index contributed by atoms with van der Waals surface area (Å²) in [7, 11) is 0. The summed E-state index contributed by atoms with van der Waals surface area (Å²) in [6.07, 6.45) is -3.93. The molecular weight excluding hydrogens is 278 g/mol. The molecule has 7 nitrogen and oxygen atoms in total. The lowest BCUT2D eigenvalue weighted by molar-refractivity contribution is -0.251. The molecule has 3 rings (SSSR count). The molecule has 4 atom stereocenters. The maximum Gasteiger partial charge on any atom is 0.342 e. The van der Waals surface area contributed by atoms with Crippen LogP contribution in [0.5, 0.6) is 0 Å². The third kappa shape index (κ3) is 2.52. The van der Waals surface area contributed by atoms with E-state index >= 15 is 0 Å². The first kappa shape index (κ1) is 14.0. The van der Waals surface area contributed by atoms with Gasteiger partial charge in [-0.15, -0.1) is 0 Å². The van der Waals surface area contributed by atoms with Crippen molar-refractivity contribution in [1.82, 2.24) is 4.98 Å². The molecule has 112 valence electrons. The summed E-state index contributed by atoms with van der Waals surface area (Å²) >= 11 is 0. The average molecular weight is 293 g/mol. The van der Waals surface area contributed by atoms with Gasteiger partial charge in [0.15, 0.2) is 0 Å². The van der Waals surface area contributed by atoms with E-state index in [1.54, 1.807) is 12.1 Å². The second kappa shape index (κ2) is 5.45. The van der Waals surface area contributed by atoms with Crippen LogP contribution in [0, 0.1) is 0 Å². The predicted molar refractivity (Wildman–Crippen MR) is 71.5 cm³/mol. The van der Waals surface area contributed by atoms with E-state index in [0.717, 1.165) is 5.52 Å². The summed E-state index contributed by atoms with van der Waals surface area (Å²) in [6.45, 7) is -0.218. The van der Waals surface area contributed by atoms with Gasteiger partial charge in [0, 0.05) is 17.1 Å². The Labute approximate surface area is 119 Å². The van der Waals surface area contributed by atoms with E-state index in [9.17, 15) is 20.1 Å². The normalized spacial score (nSPS) is 29.5. The van der Waals surface area contributed by atoms with Gasteiger partial charge in [-0.2, -0.15) is 0 Å². The van der Waals surface area contributed by atoms with Gasteiger partial charge < -0.3 is 29.8 Å². The van der Waals surface area contributed by atoms with Gasteiger partial charge in [-0.25, -0.2) is 4.79 Å². The van der Waals surface area contributed by atoms with Crippen molar-refractivity contribution in [1.29, 1.82) is 0 Å². The van der Waals surface area contributed by atoms with Crippen molar-refractivity contribution >= 4 is 16.9 Å². The van der Waals surface area contributed by atoms with Crippen LogP contribution in [0.2, 0.25) is 0 Å². The minimum Gasteiger partial charge on any atom is -0.429 e. The van der Waals surface area contributed by atoms with Crippen molar-refractivity contribution in [3.8, 4) is 0 Å². The van der Waals surface area contributed by atoms with Crippen molar-refractivity contribution in [2.75, 3.05) is 6.61 Å². The van der Waals surface area contributed by atoms with Gasteiger partial charge in [-0.3, -0.25) is 0 Å². The molecule has 7 heteroatoms. The summed E-state index contributed by atoms with van der Waals surface area (Å²) < 4.78 is 10.1. The largest absolute Gasteiger partial charge is 0.429 e. The SMILES string of the molecule is O=C(O[C@@H]1OC[C@H](O)[C@@H](O)[C@H]1O)c1c[nH]c2ccccc12. The molecule has 4 N–H and O–H groups in total. The number of esters is 1. The number of hydrogen-bond donors (Lipinski definition) is 4. The first-order valence-corrected chi connectivity index (χ1v) is 6.51. The zero-order valence-electron chi connectivity index (χ0n) is 11.0. The highest BCUT2D eigenvalue weighted by Crippen LogP contribution is 2.22. The Hall–Kier alpha value is -1.93. The van der Waals surface area contributed by atoms with Gasteiger partial charge in [0.1, 0.15) is 18.3 Å². The lowest BCUT2D eigenvalue weighted by Gasteiger charge is -2.34. The monoisotopic (exact) mass is 293 g/mol. The summed E-state index contributed by atoms with van der Waals surface area (Å²) in [5.74, 6) is -0.680. The van der Waals surface area contributed by atoms with E-state index in [-0.39, 0.29) is 6.61 Å². The Morgan fingerprint density at radius 3 is 2.81 bits per heavy atom. The van der Waals surface area contributed by atoms with Crippen molar-refractivity contribution < 1.29 is 29.6 Å². The van der Waals surface area contributed by atoms with Crippen molar-refractivity contribution in [2.24, 2.45) is 0 Å². The Morgan fingerprint density at radius 1 is 1.24 bits per heavy atom. The number of ether oxygens (including phenoxy) is 2. The minimum atomic E-state index is -1.50. The number of aliphatic hydroxyl groups is 3. The third-order valence-corrected chi connectivity index (χ3v) is 3.49. The Kier molecular flexibility index (Phi) is 3.64. The summed E-state index contributed by atoms with van der Waals surface area (Å²) in [5, 5.41) is 29.3. The second-order valence-electron chi connectivity index (χ2n) is 4.90. The van der Waals surface area contributed by atoms with Gasteiger partial charge in [-0.1, -0.05) is 18.2 Å². The molecule has 0 saturated carbocycles. The fourth-order valence-electron chi connectivity index (χ4n) is 2.29. The molecule has 0 radical (unpaired) electrons. The predicted octanol–water partition coefficient (Wildman–Crippen LogP) is -0.236. The first-order chi connectivity index (χ1) is 10.1. The number of hydrogen-bond acceptors (Lipinski definition) is 6. The molecule has 1 aliphatic heterocycles. The smallest absolute Gasteiger partial charge is 0.342 e. The number of H-pyrrole nitrogens is 1. The van der Waals surface area contributed by atoms with Crippen LogP contribution in [0.25, 0.3) is 10.9 Å². The van der Waals surface area contributed by atoms with Crippen LogP contribution in [0.1, 0.15) is 10.4 Å². The number of carbonyl (C=O) groups is 1. The highest BCUT2D eigenvalue weighted by atomic mass is 16.7. The minimum absolute atomic E-state index is 0.218. The van der Waals surface area contributed by atoms with E-state index in [4.69, 9.17) is 9.47 Å². The number of fused-ring (bicyclic) bond motifs is 1. The number of aromatic nitrogens is 1. The number of rotatable bonds is 2. The van der Waals surface area contributed by atoms with Crippen molar-refractivity contribution in [3.05, 3.63) is 36.0 Å². The van der Waals surface area contributed by atoms with Crippen LogP contribution in [0.3, 0.4) is 0 Å². The molecule has 2 heterocycles. The molecule has 0 bridgehead atoms. The van der Waals surface area contributed by atoms with Crippen LogP contribution in [0.15, 0.2) is 30.5 Å². The molecule has 1 aliphatic rings. The third-order valence-electron chi connectivity index (χ3n) is 3.49. The summed E-state index contributed by atoms with van der Waals surface area (Å²) in [5.41, 5.74) is 1.09. The molecule has 1 fully saturated rings. The topological polar surface area (TPSA) is 112 Å². The zero-order valence-corrected chi connectivity index (χ0v) is 11.0. The molecule has 0 unspecified atom stereocenters. The Bertz CT molecular complexity index is 654. The van der Waals surface area contributed by atoms with E-state index in [0.29, 0.717) is 10.9 Å². The molecule has 1 aromatic carbocycles. The number of aliphatic hydroxyl groups excluding tert-OH is 3. The van der Waals surface area contributed by atoms with Crippen LogP contribution in [-0.4, -0.2) is 57.5 Å². The molecule has 21 heavy (non-hydrogen) atoms. The number of para-hydroxylation sites is 1. The lowest BCUT2D eigenvalue weighted by atomic mass is 10.1. The Balaban J connectivity index is 1.77. The average Bonchev–Trinajstić information content (AvgIpc) is 2.92.